The molecule has 1 aromatic carbocycles. The Morgan fingerprint density at radius 2 is 1.88 bits per heavy atom. The van der Waals surface area contributed by atoms with Crippen LogP contribution in [0.2, 0.25) is 0 Å². The normalized spacial score (nSPS) is 11.0. The van der Waals surface area contributed by atoms with Gasteiger partial charge in [-0.15, -0.1) is 13.2 Å². The Labute approximate surface area is 134 Å². The van der Waals surface area contributed by atoms with Crippen molar-refractivity contribution in [1.82, 2.24) is 15.5 Å². The van der Waals surface area contributed by atoms with Crippen molar-refractivity contribution in [2.45, 2.75) is 12.8 Å². The van der Waals surface area contributed by atoms with E-state index in [1.54, 1.807) is 0 Å². The number of nitrogens with one attached hydrogen (secondary N) is 3. The molecule has 0 aliphatic heterocycles. The third-order valence-corrected chi connectivity index (χ3v) is 2.75. The first kappa shape index (κ1) is 17.3. The van der Waals surface area contributed by atoms with Gasteiger partial charge in [0, 0.05) is 6.20 Å². The number of rotatable bonds is 6. The van der Waals surface area contributed by atoms with E-state index >= 15 is 0 Å². The van der Waals surface area contributed by atoms with Crippen molar-refractivity contribution in [2.24, 2.45) is 0 Å². The van der Waals surface area contributed by atoms with Crippen LogP contribution in [0.1, 0.15) is 5.56 Å². The van der Waals surface area contributed by atoms with Gasteiger partial charge in [-0.25, -0.2) is 0 Å². The number of anilines is 1. The molecule has 0 aliphatic carbocycles. The maximum atomic E-state index is 12.0. The fourth-order valence-electron chi connectivity index (χ4n) is 1.76. The Kier molecular flexibility index (Phi) is 5.40. The zero-order valence-corrected chi connectivity index (χ0v) is 12.2. The molecule has 2 rings (SSSR count). The summed E-state index contributed by atoms with van der Waals surface area (Å²) in [5, 5.41) is 11.1. The molecule has 7 nitrogen and oxygen atoms in total. The molecule has 0 radical (unpaired) electrons. The summed E-state index contributed by atoms with van der Waals surface area (Å²) >= 11 is 0. The fourth-order valence-corrected chi connectivity index (χ4v) is 1.76. The topological polar surface area (TPSA) is 96.1 Å². The SMILES string of the molecule is O=C(Cc1ccc(OC(F)(F)F)cc1)NCC(=O)Nc1cn[nH]c1. The molecule has 0 bridgehead atoms. The molecule has 0 atom stereocenters. The highest BCUT2D eigenvalue weighted by molar-refractivity contribution is 5.94. The van der Waals surface area contributed by atoms with Gasteiger partial charge in [0.1, 0.15) is 5.75 Å². The highest BCUT2D eigenvalue weighted by Gasteiger charge is 2.30. The number of halogens is 3. The lowest BCUT2D eigenvalue weighted by molar-refractivity contribution is -0.274. The average Bonchev–Trinajstić information content (AvgIpc) is 2.99. The van der Waals surface area contributed by atoms with Gasteiger partial charge in [-0.1, -0.05) is 12.1 Å². The van der Waals surface area contributed by atoms with E-state index in [0.717, 1.165) is 12.1 Å². The van der Waals surface area contributed by atoms with Crippen LogP contribution in [-0.2, 0) is 16.0 Å². The van der Waals surface area contributed by atoms with Crippen LogP contribution in [0.5, 0.6) is 5.75 Å². The maximum absolute atomic E-state index is 12.0. The van der Waals surface area contributed by atoms with Crippen LogP contribution in [0, 0.1) is 0 Å². The average molecular weight is 342 g/mol. The Morgan fingerprint density at radius 1 is 1.17 bits per heavy atom. The van der Waals surface area contributed by atoms with Crippen LogP contribution in [-0.4, -0.2) is 34.9 Å². The molecule has 2 amide bonds. The molecule has 0 saturated carbocycles. The number of alkyl halides is 3. The Morgan fingerprint density at radius 3 is 2.46 bits per heavy atom. The van der Waals surface area contributed by atoms with Crippen molar-refractivity contribution in [3.63, 3.8) is 0 Å². The van der Waals surface area contributed by atoms with Gasteiger partial charge in [-0.2, -0.15) is 5.10 Å². The molecule has 1 heterocycles. The van der Waals surface area contributed by atoms with Crippen LogP contribution < -0.4 is 15.4 Å². The largest absolute Gasteiger partial charge is 0.573 e. The van der Waals surface area contributed by atoms with Gasteiger partial charge in [0.2, 0.25) is 11.8 Å². The highest BCUT2D eigenvalue weighted by Crippen LogP contribution is 2.22. The summed E-state index contributed by atoms with van der Waals surface area (Å²) in [4.78, 5) is 23.3. The lowest BCUT2D eigenvalue weighted by Crippen LogP contribution is -2.33. The van der Waals surface area contributed by atoms with Crippen molar-refractivity contribution in [3.05, 3.63) is 42.2 Å². The van der Waals surface area contributed by atoms with E-state index in [4.69, 9.17) is 0 Å². The third-order valence-electron chi connectivity index (χ3n) is 2.75. The first-order chi connectivity index (χ1) is 11.3. The van der Waals surface area contributed by atoms with Crippen molar-refractivity contribution in [1.29, 1.82) is 0 Å². The number of aromatic nitrogens is 2. The third kappa shape index (κ3) is 5.99. The van der Waals surface area contributed by atoms with Crippen molar-refractivity contribution >= 4 is 17.5 Å². The lowest BCUT2D eigenvalue weighted by atomic mass is 10.1. The molecular formula is C14H13F3N4O3. The molecule has 3 N–H and O–H groups in total. The fraction of sp³-hybridized carbons (Fsp3) is 0.214. The van der Waals surface area contributed by atoms with Crippen LogP contribution in [0.15, 0.2) is 36.7 Å². The summed E-state index contributed by atoms with van der Waals surface area (Å²) < 4.78 is 39.8. The molecule has 0 spiro atoms. The number of aromatic amines is 1. The first-order valence-electron chi connectivity index (χ1n) is 6.72. The van der Waals surface area contributed by atoms with Crippen LogP contribution >= 0.6 is 0 Å². The van der Waals surface area contributed by atoms with Crippen molar-refractivity contribution < 1.29 is 27.5 Å². The molecule has 0 fully saturated rings. The van der Waals surface area contributed by atoms with Gasteiger partial charge in [0.15, 0.2) is 0 Å². The minimum absolute atomic E-state index is 0.0781. The Hall–Kier alpha value is -3.04. The number of hydrogen-bond acceptors (Lipinski definition) is 4. The number of H-pyrrole nitrogens is 1. The maximum Gasteiger partial charge on any atom is 0.573 e. The second-order valence-corrected chi connectivity index (χ2v) is 4.68. The van der Waals surface area contributed by atoms with Crippen LogP contribution in [0.25, 0.3) is 0 Å². The summed E-state index contributed by atoms with van der Waals surface area (Å²) in [6, 6.07) is 4.90. The van der Waals surface area contributed by atoms with Crippen molar-refractivity contribution in [2.75, 3.05) is 11.9 Å². The summed E-state index contributed by atoms with van der Waals surface area (Å²) in [5.41, 5.74) is 0.951. The Balaban J connectivity index is 1.76. The summed E-state index contributed by atoms with van der Waals surface area (Å²) in [6.45, 7) is -0.237. The first-order valence-corrected chi connectivity index (χ1v) is 6.72. The molecule has 0 saturated heterocycles. The number of amides is 2. The smallest absolute Gasteiger partial charge is 0.406 e. The van der Waals surface area contributed by atoms with Crippen LogP contribution in [0.4, 0.5) is 18.9 Å². The second kappa shape index (κ2) is 7.49. The number of nitrogens with zero attached hydrogens (tertiary/aromatic N) is 1. The number of carbonyl (C=O) groups is 2. The molecule has 10 heteroatoms. The molecule has 0 unspecified atom stereocenters. The number of ether oxygens (including phenoxy) is 1. The van der Waals surface area contributed by atoms with E-state index in [9.17, 15) is 22.8 Å². The number of benzene rings is 1. The molecular weight excluding hydrogens is 329 g/mol. The summed E-state index contributed by atoms with van der Waals surface area (Å²) in [5.74, 6) is -1.24. The van der Waals surface area contributed by atoms with E-state index < -0.39 is 18.2 Å². The summed E-state index contributed by atoms with van der Waals surface area (Å²) in [6.07, 6.45) is -1.96. The van der Waals surface area contributed by atoms with Gasteiger partial charge < -0.3 is 15.4 Å². The zero-order valence-electron chi connectivity index (χ0n) is 12.2. The minimum Gasteiger partial charge on any atom is -0.406 e. The van der Waals surface area contributed by atoms with Crippen LogP contribution in [0.3, 0.4) is 0 Å². The summed E-state index contributed by atoms with van der Waals surface area (Å²) in [7, 11) is 0. The highest BCUT2D eigenvalue weighted by atomic mass is 19.4. The number of carbonyl (C=O) groups excluding carboxylic acids is 2. The predicted octanol–water partition coefficient (Wildman–Crippen LogP) is 1.61. The minimum atomic E-state index is -4.76. The molecule has 2 aromatic rings. The van der Waals surface area contributed by atoms with Gasteiger partial charge in [-0.05, 0) is 17.7 Å². The number of hydrogen-bond donors (Lipinski definition) is 3. The zero-order chi connectivity index (χ0) is 17.6. The van der Waals surface area contributed by atoms with E-state index in [1.165, 1.54) is 24.5 Å². The van der Waals surface area contributed by atoms with E-state index in [-0.39, 0.29) is 18.7 Å². The van der Waals surface area contributed by atoms with E-state index in [0.29, 0.717) is 11.3 Å². The molecule has 1 aromatic heterocycles. The molecule has 24 heavy (non-hydrogen) atoms. The monoisotopic (exact) mass is 342 g/mol. The van der Waals surface area contributed by atoms with Gasteiger partial charge in [0.05, 0.1) is 24.8 Å². The van der Waals surface area contributed by atoms with Gasteiger partial charge >= 0.3 is 6.36 Å². The van der Waals surface area contributed by atoms with Gasteiger partial charge in [0.25, 0.3) is 0 Å². The molecule has 128 valence electrons. The Bertz CT molecular complexity index is 684. The lowest BCUT2D eigenvalue weighted by Gasteiger charge is -2.09. The predicted molar refractivity (Wildman–Crippen MR) is 77.1 cm³/mol. The van der Waals surface area contributed by atoms with Crippen molar-refractivity contribution in [3.8, 4) is 5.75 Å². The quantitative estimate of drug-likeness (QED) is 0.743. The molecule has 0 aliphatic rings. The second-order valence-electron chi connectivity index (χ2n) is 4.68. The standard InChI is InChI=1S/C14H13F3N4O3/c15-14(16,17)24-11-3-1-9(2-4-11)5-12(22)18-8-13(23)21-10-6-19-20-7-10/h1-4,6-7H,5,8H2,(H,18,22)(H,19,20)(H,21,23). The van der Waals surface area contributed by atoms with Gasteiger partial charge in [-0.3, -0.25) is 14.7 Å². The van der Waals surface area contributed by atoms with E-state index in [1.807, 2.05) is 0 Å². The van der Waals surface area contributed by atoms with E-state index in [2.05, 4.69) is 25.6 Å².